The summed E-state index contributed by atoms with van der Waals surface area (Å²) >= 11 is 7.55. The third-order valence-electron chi connectivity index (χ3n) is 2.98. The van der Waals surface area contributed by atoms with Crippen LogP contribution < -0.4 is 11.3 Å². The lowest BCUT2D eigenvalue weighted by Crippen LogP contribution is -2.14. The van der Waals surface area contributed by atoms with Crippen LogP contribution in [0.3, 0.4) is 0 Å². The Morgan fingerprint density at radius 3 is 2.90 bits per heavy atom. The summed E-state index contributed by atoms with van der Waals surface area (Å²) in [6.07, 6.45) is 1.71. The standard InChI is InChI=1S/C15H12ClN3OS/c16-12-8-11(4-5-13(12)17)21-9-10-7-15(20)19-6-2-1-3-14(19)18-10/h1-8H,9,17H2. The topological polar surface area (TPSA) is 60.4 Å². The Kier molecular flexibility index (Phi) is 3.86. The molecule has 21 heavy (non-hydrogen) atoms. The van der Waals surface area contributed by atoms with Crippen molar-refractivity contribution in [2.24, 2.45) is 0 Å². The van der Waals surface area contributed by atoms with Crippen molar-refractivity contribution < 1.29 is 0 Å². The maximum atomic E-state index is 12.0. The molecule has 0 unspecified atom stereocenters. The molecule has 106 valence electrons. The molecule has 0 saturated heterocycles. The highest BCUT2D eigenvalue weighted by Gasteiger charge is 2.04. The summed E-state index contributed by atoms with van der Waals surface area (Å²) in [6, 6.07) is 12.5. The first kappa shape index (κ1) is 14.0. The van der Waals surface area contributed by atoms with Gasteiger partial charge in [0, 0.05) is 22.9 Å². The highest BCUT2D eigenvalue weighted by Crippen LogP contribution is 2.28. The predicted molar refractivity (Wildman–Crippen MR) is 86.9 cm³/mol. The molecular weight excluding hydrogens is 306 g/mol. The third-order valence-corrected chi connectivity index (χ3v) is 4.34. The first-order chi connectivity index (χ1) is 10.1. The maximum absolute atomic E-state index is 12.0. The molecule has 0 radical (unpaired) electrons. The molecule has 1 aromatic carbocycles. The van der Waals surface area contributed by atoms with Gasteiger partial charge in [0.2, 0.25) is 0 Å². The number of benzene rings is 1. The zero-order valence-corrected chi connectivity index (χ0v) is 12.6. The number of thioether (sulfide) groups is 1. The van der Waals surface area contributed by atoms with E-state index in [-0.39, 0.29) is 5.56 Å². The van der Waals surface area contributed by atoms with E-state index < -0.39 is 0 Å². The Bertz CT molecular complexity index is 863. The van der Waals surface area contributed by atoms with E-state index in [0.717, 1.165) is 10.6 Å². The summed E-state index contributed by atoms with van der Waals surface area (Å²) in [7, 11) is 0. The van der Waals surface area contributed by atoms with Crippen LogP contribution in [-0.4, -0.2) is 9.38 Å². The van der Waals surface area contributed by atoms with Gasteiger partial charge in [0.05, 0.1) is 16.4 Å². The Hall–Kier alpha value is -1.98. The van der Waals surface area contributed by atoms with Crippen LogP contribution in [0.4, 0.5) is 5.69 Å². The van der Waals surface area contributed by atoms with Crippen molar-refractivity contribution in [2.75, 3.05) is 5.73 Å². The quantitative estimate of drug-likeness (QED) is 0.595. The first-order valence-electron chi connectivity index (χ1n) is 6.28. The number of aromatic nitrogens is 2. The van der Waals surface area contributed by atoms with Gasteiger partial charge in [-0.1, -0.05) is 17.7 Å². The fourth-order valence-corrected chi connectivity index (χ4v) is 3.01. The molecule has 0 saturated carbocycles. The molecule has 0 atom stereocenters. The molecule has 0 aliphatic heterocycles. The van der Waals surface area contributed by atoms with E-state index >= 15 is 0 Å². The lowest BCUT2D eigenvalue weighted by atomic mass is 10.3. The van der Waals surface area contributed by atoms with Crippen molar-refractivity contribution in [1.29, 1.82) is 0 Å². The molecule has 0 aliphatic rings. The average Bonchev–Trinajstić information content (AvgIpc) is 2.49. The van der Waals surface area contributed by atoms with Gasteiger partial charge in [0.25, 0.3) is 5.56 Å². The van der Waals surface area contributed by atoms with Crippen LogP contribution in [0.2, 0.25) is 5.02 Å². The highest BCUT2D eigenvalue weighted by molar-refractivity contribution is 7.98. The monoisotopic (exact) mass is 317 g/mol. The third kappa shape index (κ3) is 3.04. The Labute approximate surface area is 130 Å². The summed E-state index contributed by atoms with van der Waals surface area (Å²) < 4.78 is 1.52. The van der Waals surface area contributed by atoms with Crippen molar-refractivity contribution in [3.05, 3.63) is 69.7 Å². The molecule has 0 fully saturated rings. The molecule has 0 spiro atoms. The summed E-state index contributed by atoms with van der Waals surface area (Å²) in [5.41, 5.74) is 7.55. The molecule has 0 aliphatic carbocycles. The number of rotatable bonds is 3. The number of pyridine rings is 1. The van der Waals surface area contributed by atoms with Crippen molar-refractivity contribution >= 4 is 34.7 Å². The second kappa shape index (κ2) is 5.79. The number of anilines is 1. The number of fused-ring (bicyclic) bond motifs is 1. The first-order valence-corrected chi connectivity index (χ1v) is 7.65. The minimum absolute atomic E-state index is 0.0773. The molecule has 0 amide bonds. The van der Waals surface area contributed by atoms with Crippen molar-refractivity contribution in [3.63, 3.8) is 0 Å². The fourth-order valence-electron chi connectivity index (χ4n) is 1.93. The zero-order chi connectivity index (χ0) is 14.8. The number of halogens is 1. The van der Waals surface area contributed by atoms with Gasteiger partial charge in [-0.2, -0.15) is 0 Å². The van der Waals surface area contributed by atoms with E-state index in [1.165, 1.54) is 4.40 Å². The molecule has 6 heteroatoms. The van der Waals surface area contributed by atoms with Gasteiger partial charge in [0.15, 0.2) is 0 Å². The minimum Gasteiger partial charge on any atom is -0.398 e. The summed E-state index contributed by atoms with van der Waals surface area (Å²) in [5, 5.41) is 0.534. The SMILES string of the molecule is Nc1ccc(SCc2cc(=O)n3ccccc3n2)cc1Cl. The fraction of sp³-hybridized carbons (Fsp3) is 0.0667. The van der Waals surface area contributed by atoms with Gasteiger partial charge in [-0.25, -0.2) is 4.98 Å². The Balaban J connectivity index is 1.85. The van der Waals surface area contributed by atoms with Gasteiger partial charge in [0.1, 0.15) is 5.65 Å². The molecule has 4 nitrogen and oxygen atoms in total. The van der Waals surface area contributed by atoms with Crippen LogP contribution >= 0.6 is 23.4 Å². The van der Waals surface area contributed by atoms with Crippen molar-refractivity contribution in [3.8, 4) is 0 Å². The Morgan fingerprint density at radius 2 is 2.10 bits per heavy atom. The van der Waals surface area contributed by atoms with Gasteiger partial charge in [-0.05, 0) is 30.3 Å². The molecular formula is C15H12ClN3OS. The summed E-state index contributed by atoms with van der Waals surface area (Å²) in [4.78, 5) is 17.5. The van der Waals surface area contributed by atoms with Crippen LogP contribution in [0.1, 0.15) is 5.69 Å². The lowest BCUT2D eigenvalue weighted by molar-refractivity contribution is 1.01. The second-order valence-corrected chi connectivity index (χ2v) is 5.94. The lowest BCUT2D eigenvalue weighted by Gasteiger charge is -2.05. The minimum atomic E-state index is -0.0773. The van der Waals surface area contributed by atoms with Crippen LogP contribution in [-0.2, 0) is 5.75 Å². The van der Waals surface area contributed by atoms with Gasteiger partial charge in [-0.15, -0.1) is 11.8 Å². The van der Waals surface area contributed by atoms with E-state index in [2.05, 4.69) is 4.98 Å². The van der Waals surface area contributed by atoms with Gasteiger partial charge in [-0.3, -0.25) is 9.20 Å². The molecule has 3 rings (SSSR count). The summed E-state index contributed by atoms with van der Waals surface area (Å²) in [5.74, 6) is 0.598. The number of hydrogen-bond donors (Lipinski definition) is 1. The Morgan fingerprint density at radius 1 is 1.24 bits per heavy atom. The number of nitrogens with two attached hydrogens (primary N) is 1. The zero-order valence-electron chi connectivity index (χ0n) is 11.0. The smallest absolute Gasteiger partial charge is 0.258 e. The predicted octanol–water partition coefficient (Wildman–Crippen LogP) is 3.22. The van der Waals surface area contributed by atoms with Crippen molar-refractivity contribution in [1.82, 2.24) is 9.38 Å². The number of nitrogen functional groups attached to an aromatic ring is 1. The molecule has 2 heterocycles. The van der Waals surface area contributed by atoms with Crippen LogP contribution in [0.5, 0.6) is 0 Å². The molecule has 2 aromatic heterocycles. The average molecular weight is 318 g/mol. The van der Waals surface area contributed by atoms with Gasteiger partial charge < -0.3 is 5.73 Å². The number of hydrogen-bond acceptors (Lipinski definition) is 4. The molecule has 0 bridgehead atoms. The van der Waals surface area contributed by atoms with Crippen LogP contribution in [0.25, 0.3) is 5.65 Å². The molecule has 3 aromatic rings. The largest absolute Gasteiger partial charge is 0.398 e. The van der Waals surface area contributed by atoms with E-state index in [4.69, 9.17) is 17.3 Å². The van der Waals surface area contributed by atoms with E-state index in [1.54, 1.807) is 36.2 Å². The van der Waals surface area contributed by atoms with Crippen LogP contribution in [0.15, 0.2) is 58.4 Å². The number of nitrogens with zero attached hydrogens (tertiary/aromatic N) is 2. The highest BCUT2D eigenvalue weighted by atomic mass is 35.5. The molecule has 2 N–H and O–H groups in total. The summed E-state index contributed by atoms with van der Waals surface area (Å²) in [6.45, 7) is 0. The van der Waals surface area contributed by atoms with Crippen LogP contribution in [0, 0.1) is 0 Å². The van der Waals surface area contributed by atoms with Gasteiger partial charge >= 0.3 is 0 Å². The van der Waals surface area contributed by atoms with Crippen molar-refractivity contribution in [2.45, 2.75) is 10.6 Å². The van der Waals surface area contributed by atoms with E-state index in [0.29, 0.717) is 22.1 Å². The van der Waals surface area contributed by atoms with E-state index in [1.807, 2.05) is 24.3 Å². The second-order valence-electron chi connectivity index (χ2n) is 4.49. The normalized spacial score (nSPS) is 10.9. The maximum Gasteiger partial charge on any atom is 0.258 e. The van der Waals surface area contributed by atoms with E-state index in [9.17, 15) is 4.79 Å².